The maximum absolute atomic E-state index is 12.4. The van der Waals surface area contributed by atoms with Crippen LogP contribution in [0.5, 0.6) is 5.75 Å². The molecule has 3 rings (SSSR count). The van der Waals surface area contributed by atoms with Gasteiger partial charge in [-0.2, -0.15) is 0 Å². The molecule has 0 atom stereocenters. The average Bonchev–Trinajstić information content (AvgIpc) is 3.09. The van der Waals surface area contributed by atoms with Crippen LogP contribution in [0.1, 0.15) is 0 Å². The van der Waals surface area contributed by atoms with E-state index in [2.05, 4.69) is 20.4 Å². The fraction of sp³-hybridized carbons (Fsp3) is 0.105. The Hall–Kier alpha value is -2.81. The quantitative estimate of drug-likeness (QED) is 0.529. The van der Waals surface area contributed by atoms with Crippen LogP contribution < -0.4 is 15.4 Å². The summed E-state index contributed by atoms with van der Waals surface area (Å²) in [7, 11) is 1.25. The number of rotatable bonds is 6. The number of ether oxygens (including phenoxy) is 2. The van der Waals surface area contributed by atoms with Crippen molar-refractivity contribution in [1.29, 1.82) is 0 Å². The number of amides is 2. The molecule has 1 heterocycles. The van der Waals surface area contributed by atoms with Gasteiger partial charge in [-0.1, -0.05) is 64.9 Å². The molecule has 0 radical (unpaired) electrons. The second-order valence-corrected chi connectivity index (χ2v) is 7.43. The normalized spacial score (nSPS) is 10.3. The minimum absolute atomic E-state index is 0.271. The predicted octanol–water partition coefficient (Wildman–Crippen LogP) is 5.31. The number of carbonyl (C=O) groups excluding carboxylic acids is 2. The lowest BCUT2D eigenvalue weighted by Crippen LogP contribution is -2.20. The van der Waals surface area contributed by atoms with E-state index in [0.29, 0.717) is 26.5 Å². The van der Waals surface area contributed by atoms with Crippen molar-refractivity contribution in [3.63, 3.8) is 0 Å². The summed E-state index contributed by atoms with van der Waals surface area (Å²) >= 11 is 13.0. The molecule has 2 amide bonds. The molecule has 0 aliphatic carbocycles. The molecular formula is C19H15Cl2N3O4S. The highest BCUT2D eigenvalue weighted by molar-refractivity contribution is 7.20. The molecule has 1 aromatic heterocycles. The number of nitrogens with zero attached hydrogens (tertiary/aromatic N) is 1. The van der Waals surface area contributed by atoms with Gasteiger partial charge in [0.05, 0.1) is 12.1 Å². The zero-order valence-electron chi connectivity index (χ0n) is 15.1. The van der Waals surface area contributed by atoms with E-state index in [4.69, 9.17) is 27.9 Å². The zero-order chi connectivity index (χ0) is 20.8. The number of thiazole rings is 1. The third-order valence-corrected chi connectivity index (χ3v) is 4.99. The minimum Gasteiger partial charge on any atom is -0.482 e. The summed E-state index contributed by atoms with van der Waals surface area (Å²) in [5.74, 6) is -0.0756. The van der Waals surface area contributed by atoms with Gasteiger partial charge in [-0.15, -0.1) is 0 Å². The molecule has 0 spiro atoms. The number of anilines is 2. The maximum Gasteiger partial charge on any atom is 0.413 e. The molecule has 0 aliphatic heterocycles. The maximum atomic E-state index is 12.4. The molecule has 2 aromatic carbocycles. The van der Waals surface area contributed by atoms with Gasteiger partial charge in [-0.05, 0) is 18.2 Å². The van der Waals surface area contributed by atoms with Gasteiger partial charge < -0.3 is 14.8 Å². The topological polar surface area (TPSA) is 89.5 Å². The number of benzene rings is 2. The summed E-state index contributed by atoms with van der Waals surface area (Å²) in [6.07, 6.45) is -0.656. The van der Waals surface area contributed by atoms with Crippen molar-refractivity contribution < 1.29 is 19.1 Å². The molecule has 2 N–H and O–H groups in total. The Morgan fingerprint density at radius 3 is 2.55 bits per heavy atom. The van der Waals surface area contributed by atoms with E-state index in [1.807, 2.05) is 30.3 Å². The molecule has 10 heteroatoms. The van der Waals surface area contributed by atoms with Crippen LogP contribution >= 0.6 is 34.5 Å². The largest absolute Gasteiger partial charge is 0.482 e. The molecular weight excluding hydrogens is 437 g/mol. The Kier molecular flexibility index (Phi) is 6.92. The summed E-state index contributed by atoms with van der Waals surface area (Å²) in [5, 5.41) is 6.76. The van der Waals surface area contributed by atoms with Crippen LogP contribution in [-0.2, 0) is 9.53 Å². The van der Waals surface area contributed by atoms with E-state index < -0.39 is 12.0 Å². The van der Waals surface area contributed by atoms with Gasteiger partial charge in [0.15, 0.2) is 11.7 Å². The average molecular weight is 452 g/mol. The van der Waals surface area contributed by atoms with Crippen molar-refractivity contribution in [3.8, 4) is 17.0 Å². The van der Waals surface area contributed by atoms with Gasteiger partial charge >= 0.3 is 6.09 Å². The van der Waals surface area contributed by atoms with Crippen LogP contribution in [0, 0.1) is 0 Å². The lowest BCUT2D eigenvalue weighted by atomic mass is 10.2. The fourth-order valence-corrected chi connectivity index (χ4v) is 3.64. The van der Waals surface area contributed by atoms with Crippen molar-refractivity contribution >= 4 is 56.7 Å². The molecule has 0 saturated carbocycles. The Balaban J connectivity index is 1.75. The highest BCUT2D eigenvalue weighted by atomic mass is 35.5. The smallest absolute Gasteiger partial charge is 0.413 e. The van der Waals surface area contributed by atoms with Crippen molar-refractivity contribution in [2.24, 2.45) is 0 Å². The lowest BCUT2D eigenvalue weighted by molar-refractivity contribution is -0.118. The highest BCUT2D eigenvalue weighted by Crippen LogP contribution is 2.36. The van der Waals surface area contributed by atoms with Crippen molar-refractivity contribution in [2.45, 2.75) is 0 Å². The number of halogens is 2. The first-order valence-electron chi connectivity index (χ1n) is 8.25. The molecule has 0 bridgehead atoms. The van der Waals surface area contributed by atoms with E-state index in [0.717, 1.165) is 16.9 Å². The van der Waals surface area contributed by atoms with Crippen LogP contribution in [0.15, 0.2) is 48.5 Å². The van der Waals surface area contributed by atoms with Crippen LogP contribution in [0.25, 0.3) is 11.3 Å². The molecule has 0 aliphatic rings. The van der Waals surface area contributed by atoms with Gasteiger partial charge in [-0.25, -0.2) is 9.78 Å². The summed E-state index contributed by atoms with van der Waals surface area (Å²) in [6.45, 7) is -0.271. The number of hydrogen-bond acceptors (Lipinski definition) is 6. The molecule has 150 valence electrons. The van der Waals surface area contributed by atoms with Crippen LogP contribution in [0.4, 0.5) is 14.9 Å². The second-order valence-electron chi connectivity index (χ2n) is 5.59. The summed E-state index contributed by atoms with van der Waals surface area (Å²) in [5.41, 5.74) is 1.29. The first-order chi connectivity index (χ1) is 14.0. The van der Waals surface area contributed by atoms with Gasteiger partial charge in [0.2, 0.25) is 0 Å². The van der Waals surface area contributed by atoms with E-state index in [9.17, 15) is 9.59 Å². The van der Waals surface area contributed by atoms with E-state index in [1.165, 1.54) is 13.2 Å². The first kappa shape index (κ1) is 20.9. The number of aromatic nitrogens is 1. The Morgan fingerprint density at radius 1 is 1.10 bits per heavy atom. The number of carbonyl (C=O) groups is 2. The standard InChI is InChI=1S/C19H15Cl2N3O4S/c1-27-19(26)24-18-23-16(11-5-3-2-4-6-11)17(29-18)22-15(25)10-28-14-8-7-12(20)9-13(14)21/h2-9H,10H2,1H3,(H,22,25)(H,23,24,26). The Labute approximate surface area is 180 Å². The molecule has 3 aromatic rings. The van der Waals surface area contributed by atoms with Crippen LogP contribution in [-0.4, -0.2) is 30.7 Å². The SMILES string of the molecule is COC(=O)Nc1nc(-c2ccccc2)c(NC(=O)COc2ccc(Cl)cc2Cl)s1. The molecule has 0 unspecified atom stereocenters. The monoisotopic (exact) mass is 451 g/mol. The Bertz CT molecular complexity index is 1030. The molecule has 0 fully saturated rings. The van der Waals surface area contributed by atoms with Gasteiger partial charge in [0.1, 0.15) is 16.4 Å². The second kappa shape index (κ2) is 9.60. The highest BCUT2D eigenvalue weighted by Gasteiger charge is 2.17. The molecule has 0 saturated heterocycles. The first-order valence-corrected chi connectivity index (χ1v) is 9.82. The summed E-state index contributed by atoms with van der Waals surface area (Å²) in [4.78, 5) is 28.3. The summed E-state index contributed by atoms with van der Waals surface area (Å²) < 4.78 is 10.0. The van der Waals surface area contributed by atoms with Gasteiger partial charge in [-0.3, -0.25) is 10.1 Å². The Morgan fingerprint density at radius 2 is 1.86 bits per heavy atom. The van der Waals surface area contributed by atoms with Gasteiger partial charge in [0, 0.05) is 10.6 Å². The number of nitrogens with one attached hydrogen (secondary N) is 2. The predicted molar refractivity (Wildman–Crippen MR) is 114 cm³/mol. The van der Waals surface area contributed by atoms with Crippen LogP contribution in [0.2, 0.25) is 10.0 Å². The molecule has 7 nitrogen and oxygen atoms in total. The zero-order valence-corrected chi connectivity index (χ0v) is 17.4. The van der Waals surface area contributed by atoms with Crippen LogP contribution in [0.3, 0.4) is 0 Å². The molecule has 29 heavy (non-hydrogen) atoms. The number of methoxy groups -OCH3 is 1. The van der Waals surface area contributed by atoms with Crippen molar-refractivity contribution in [1.82, 2.24) is 4.98 Å². The van der Waals surface area contributed by atoms with Crippen molar-refractivity contribution in [2.75, 3.05) is 24.4 Å². The van der Waals surface area contributed by atoms with Crippen molar-refractivity contribution in [3.05, 3.63) is 58.6 Å². The number of hydrogen-bond donors (Lipinski definition) is 2. The fourth-order valence-electron chi connectivity index (χ4n) is 2.29. The van der Waals surface area contributed by atoms with E-state index in [-0.39, 0.29) is 11.7 Å². The van der Waals surface area contributed by atoms with E-state index in [1.54, 1.807) is 12.1 Å². The lowest BCUT2D eigenvalue weighted by Gasteiger charge is -2.09. The third kappa shape index (κ3) is 5.60. The minimum atomic E-state index is -0.656. The third-order valence-electron chi connectivity index (χ3n) is 3.57. The summed E-state index contributed by atoms with van der Waals surface area (Å²) in [6, 6.07) is 14.0. The van der Waals surface area contributed by atoms with E-state index >= 15 is 0 Å². The van der Waals surface area contributed by atoms with Gasteiger partial charge in [0.25, 0.3) is 5.91 Å².